The molecule has 3 aromatic rings. The number of hydrogen-bond donors (Lipinski definition) is 2. The Labute approximate surface area is 149 Å². The number of rotatable bonds is 5. The van der Waals surface area contributed by atoms with Gasteiger partial charge in [-0.15, -0.1) is 0 Å². The molecular formula is C18H18N6O2. The molecule has 0 spiro atoms. The molecule has 0 saturated carbocycles. The number of aromatic amines is 1. The normalized spacial score (nSPS) is 13.5. The average molecular weight is 350 g/mol. The van der Waals surface area contributed by atoms with Crippen molar-refractivity contribution in [1.29, 1.82) is 0 Å². The number of amides is 1. The lowest BCUT2D eigenvalue weighted by Gasteiger charge is -2.15. The van der Waals surface area contributed by atoms with E-state index >= 15 is 0 Å². The molecule has 1 aromatic heterocycles. The molecule has 1 aliphatic heterocycles. The van der Waals surface area contributed by atoms with Crippen LogP contribution in [0.15, 0.2) is 53.3 Å². The van der Waals surface area contributed by atoms with Crippen LogP contribution in [0.5, 0.6) is 0 Å². The van der Waals surface area contributed by atoms with Crippen molar-refractivity contribution in [2.75, 3.05) is 13.1 Å². The second-order valence-electron chi connectivity index (χ2n) is 6.20. The molecule has 0 fully saturated rings. The van der Waals surface area contributed by atoms with Gasteiger partial charge < -0.3 is 5.32 Å². The van der Waals surface area contributed by atoms with Crippen LogP contribution in [0.25, 0.3) is 5.69 Å². The van der Waals surface area contributed by atoms with Crippen LogP contribution in [0.4, 0.5) is 0 Å². The van der Waals surface area contributed by atoms with Crippen molar-refractivity contribution >= 4 is 5.91 Å². The molecule has 8 heteroatoms. The largest absolute Gasteiger partial charge is 0.365 e. The van der Waals surface area contributed by atoms with Gasteiger partial charge in [0.25, 0.3) is 5.91 Å². The van der Waals surface area contributed by atoms with Gasteiger partial charge in [0.15, 0.2) is 0 Å². The lowest BCUT2D eigenvalue weighted by atomic mass is 10.1. The van der Waals surface area contributed by atoms with E-state index in [4.69, 9.17) is 0 Å². The van der Waals surface area contributed by atoms with Crippen molar-refractivity contribution in [1.82, 2.24) is 30.4 Å². The summed E-state index contributed by atoms with van der Waals surface area (Å²) in [6.07, 6.45) is 0. The zero-order valence-electron chi connectivity index (χ0n) is 14.1. The zero-order chi connectivity index (χ0) is 17.9. The first kappa shape index (κ1) is 16.2. The molecule has 0 bridgehead atoms. The highest BCUT2D eigenvalue weighted by molar-refractivity contribution is 5.94. The Morgan fingerprint density at radius 2 is 1.77 bits per heavy atom. The van der Waals surface area contributed by atoms with Gasteiger partial charge in [0.1, 0.15) is 0 Å². The van der Waals surface area contributed by atoms with Gasteiger partial charge in [-0.3, -0.25) is 9.69 Å². The molecule has 1 aliphatic rings. The van der Waals surface area contributed by atoms with Crippen molar-refractivity contribution in [3.8, 4) is 5.69 Å². The number of hydrogen-bond acceptors (Lipinski definition) is 5. The van der Waals surface area contributed by atoms with Gasteiger partial charge in [-0.2, -0.15) is 4.68 Å². The first-order valence-corrected chi connectivity index (χ1v) is 8.39. The Balaban J connectivity index is 1.30. The van der Waals surface area contributed by atoms with E-state index in [1.807, 2.05) is 0 Å². The van der Waals surface area contributed by atoms with E-state index in [0.717, 1.165) is 24.3 Å². The van der Waals surface area contributed by atoms with Gasteiger partial charge >= 0.3 is 5.69 Å². The monoisotopic (exact) mass is 350 g/mol. The number of nitrogens with one attached hydrogen (secondary N) is 2. The van der Waals surface area contributed by atoms with Gasteiger partial charge in [-0.05, 0) is 45.8 Å². The van der Waals surface area contributed by atoms with Crippen LogP contribution in [0.1, 0.15) is 21.5 Å². The Hall–Kier alpha value is -3.26. The third kappa shape index (κ3) is 3.27. The summed E-state index contributed by atoms with van der Waals surface area (Å²) in [5, 5.41) is 12.3. The van der Waals surface area contributed by atoms with Crippen LogP contribution in [-0.4, -0.2) is 44.1 Å². The molecule has 0 atom stereocenters. The Bertz CT molecular complexity index is 951. The molecule has 132 valence electrons. The van der Waals surface area contributed by atoms with E-state index in [2.05, 4.69) is 50.0 Å². The SMILES string of the molecule is O=C(NCCN1Cc2ccccc2C1)c1ccc(-n2nn[nH]c2=O)cc1. The average Bonchev–Trinajstić information content (AvgIpc) is 3.27. The van der Waals surface area contributed by atoms with Crippen molar-refractivity contribution in [3.05, 3.63) is 75.7 Å². The van der Waals surface area contributed by atoms with Crippen LogP contribution < -0.4 is 11.0 Å². The summed E-state index contributed by atoms with van der Waals surface area (Å²) in [4.78, 5) is 26.1. The summed E-state index contributed by atoms with van der Waals surface area (Å²) in [6, 6.07) is 15.1. The molecule has 2 heterocycles. The van der Waals surface area contributed by atoms with Crippen molar-refractivity contribution in [2.45, 2.75) is 13.1 Å². The molecular weight excluding hydrogens is 332 g/mol. The topological polar surface area (TPSA) is 95.9 Å². The van der Waals surface area contributed by atoms with Gasteiger partial charge in [0, 0.05) is 31.7 Å². The van der Waals surface area contributed by atoms with E-state index in [1.165, 1.54) is 11.1 Å². The molecule has 4 rings (SSSR count). The second-order valence-corrected chi connectivity index (χ2v) is 6.20. The number of fused-ring (bicyclic) bond motifs is 1. The minimum absolute atomic E-state index is 0.138. The van der Waals surface area contributed by atoms with Crippen LogP contribution in [0, 0.1) is 0 Å². The van der Waals surface area contributed by atoms with E-state index < -0.39 is 5.69 Å². The number of benzene rings is 2. The highest BCUT2D eigenvalue weighted by Crippen LogP contribution is 2.21. The predicted molar refractivity (Wildman–Crippen MR) is 94.9 cm³/mol. The van der Waals surface area contributed by atoms with Crippen molar-refractivity contribution < 1.29 is 4.79 Å². The van der Waals surface area contributed by atoms with Gasteiger partial charge in [0.05, 0.1) is 5.69 Å². The van der Waals surface area contributed by atoms with Gasteiger partial charge in [0.2, 0.25) is 0 Å². The van der Waals surface area contributed by atoms with Gasteiger partial charge in [-0.25, -0.2) is 9.89 Å². The Morgan fingerprint density at radius 1 is 1.08 bits per heavy atom. The van der Waals surface area contributed by atoms with Crippen molar-refractivity contribution in [3.63, 3.8) is 0 Å². The van der Waals surface area contributed by atoms with E-state index in [-0.39, 0.29) is 5.91 Å². The van der Waals surface area contributed by atoms with Crippen LogP contribution >= 0.6 is 0 Å². The molecule has 26 heavy (non-hydrogen) atoms. The van der Waals surface area contributed by atoms with Gasteiger partial charge in [-0.1, -0.05) is 24.3 Å². The fraction of sp³-hybridized carbons (Fsp3) is 0.222. The first-order chi connectivity index (χ1) is 12.7. The number of aromatic nitrogens is 4. The number of tetrazole rings is 1. The summed E-state index contributed by atoms with van der Waals surface area (Å²) in [5.41, 5.74) is 3.38. The number of carbonyl (C=O) groups excluding carboxylic acids is 1. The van der Waals surface area contributed by atoms with Crippen LogP contribution in [0.3, 0.4) is 0 Å². The lowest BCUT2D eigenvalue weighted by molar-refractivity contribution is 0.0948. The molecule has 1 amide bonds. The third-order valence-corrected chi connectivity index (χ3v) is 4.47. The van der Waals surface area contributed by atoms with E-state index in [9.17, 15) is 9.59 Å². The molecule has 2 aromatic carbocycles. The van der Waals surface area contributed by atoms with E-state index in [1.54, 1.807) is 24.3 Å². The summed E-state index contributed by atoms with van der Waals surface area (Å²) >= 11 is 0. The summed E-state index contributed by atoms with van der Waals surface area (Å²) in [6.45, 7) is 3.23. The number of nitrogens with zero attached hydrogens (tertiary/aromatic N) is 4. The highest BCUT2D eigenvalue weighted by atomic mass is 16.2. The smallest absolute Gasteiger partial charge is 0.351 e. The molecule has 0 unspecified atom stereocenters. The summed E-state index contributed by atoms with van der Waals surface area (Å²) < 4.78 is 1.13. The highest BCUT2D eigenvalue weighted by Gasteiger charge is 2.17. The second kappa shape index (κ2) is 6.93. The predicted octanol–water partition coefficient (Wildman–Crippen LogP) is 0.701. The first-order valence-electron chi connectivity index (χ1n) is 8.39. The van der Waals surface area contributed by atoms with E-state index in [0.29, 0.717) is 17.8 Å². The fourth-order valence-electron chi connectivity index (χ4n) is 3.11. The summed E-state index contributed by atoms with van der Waals surface area (Å²) in [5.74, 6) is -0.138. The zero-order valence-corrected chi connectivity index (χ0v) is 14.1. The van der Waals surface area contributed by atoms with Crippen LogP contribution in [0.2, 0.25) is 0 Å². The third-order valence-electron chi connectivity index (χ3n) is 4.47. The molecule has 0 radical (unpaired) electrons. The van der Waals surface area contributed by atoms with Crippen LogP contribution in [-0.2, 0) is 13.1 Å². The molecule has 0 saturated heterocycles. The maximum atomic E-state index is 12.3. The molecule has 8 nitrogen and oxygen atoms in total. The van der Waals surface area contributed by atoms with Crippen molar-refractivity contribution in [2.24, 2.45) is 0 Å². The number of H-pyrrole nitrogens is 1. The maximum Gasteiger partial charge on any atom is 0.365 e. The fourth-order valence-corrected chi connectivity index (χ4v) is 3.11. The minimum Gasteiger partial charge on any atom is -0.351 e. The maximum absolute atomic E-state index is 12.3. The lowest BCUT2D eigenvalue weighted by Crippen LogP contribution is -2.32. The minimum atomic E-state index is -0.422. The summed E-state index contributed by atoms with van der Waals surface area (Å²) in [7, 11) is 0. The standard InChI is InChI=1S/C18H18N6O2/c25-17(13-5-7-16(8-6-13)24-18(26)20-21-22-24)19-9-10-23-11-14-3-1-2-4-15(14)12-23/h1-8H,9-12H2,(H,19,25)(H,20,22,26). The quantitative estimate of drug-likeness (QED) is 0.706. The molecule has 0 aliphatic carbocycles. The Kier molecular flexibility index (Phi) is 4.32. The molecule has 2 N–H and O–H groups in total. The number of carbonyl (C=O) groups is 1. The Morgan fingerprint density at radius 3 is 2.38 bits per heavy atom.